The van der Waals surface area contributed by atoms with Crippen molar-refractivity contribution in [3.05, 3.63) is 55.9 Å². The number of sulfone groups is 1. The molecule has 94 valence electrons. The van der Waals surface area contributed by atoms with Gasteiger partial charge in [-0.3, -0.25) is 0 Å². The van der Waals surface area contributed by atoms with E-state index in [9.17, 15) is 8.42 Å². The highest BCUT2D eigenvalue weighted by Gasteiger charge is 2.22. The summed E-state index contributed by atoms with van der Waals surface area (Å²) in [6, 6.07) is 11.8. The van der Waals surface area contributed by atoms with Gasteiger partial charge in [-0.25, -0.2) is 8.42 Å². The van der Waals surface area contributed by atoms with Gasteiger partial charge in [0, 0.05) is 13.4 Å². The standard InChI is InChI=1S/C12H7Br3O2S/c13-8-5-6-10(15)12(7-8)18(16,17)11-4-2-1-3-9(11)14/h1-7H. The molecule has 6 heteroatoms. The van der Waals surface area contributed by atoms with Crippen molar-refractivity contribution in [1.82, 2.24) is 0 Å². The van der Waals surface area contributed by atoms with Gasteiger partial charge in [0.1, 0.15) is 0 Å². The van der Waals surface area contributed by atoms with Gasteiger partial charge in [0.15, 0.2) is 0 Å². The van der Waals surface area contributed by atoms with Crippen LogP contribution in [0, 0.1) is 0 Å². The number of rotatable bonds is 2. The van der Waals surface area contributed by atoms with E-state index >= 15 is 0 Å². The zero-order valence-electron chi connectivity index (χ0n) is 8.90. The summed E-state index contributed by atoms with van der Waals surface area (Å²) < 4.78 is 26.9. The van der Waals surface area contributed by atoms with Crippen LogP contribution in [0.4, 0.5) is 0 Å². The minimum Gasteiger partial charge on any atom is -0.218 e. The first kappa shape index (κ1) is 14.2. The molecule has 0 saturated heterocycles. The second-order valence-electron chi connectivity index (χ2n) is 3.51. The number of hydrogen-bond donors (Lipinski definition) is 0. The first-order chi connectivity index (χ1) is 8.43. The molecule has 0 spiro atoms. The van der Waals surface area contributed by atoms with E-state index < -0.39 is 9.84 Å². The Morgan fingerprint density at radius 2 is 1.39 bits per heavy atom. The molecular formula is C12H7Br3O2S. The van der Waals surface area contributed by atoms with E-state index in [0.29, 0.717) is 8.95 Å². The normalized spacial score (nSPS) is 11.5. The highest BCUT2D eigenvalue weighted by atomic mass is 79.9. The van der Waals surface area contributed by atoms with Gasteiger partial charge < -0.3 is 0 Å². The van der Waals surface area contributed by atoms with Crippen LogP contribution in [0.25, 0.3) is 0 Å². The molecule has 2 rings (SSSR count). The molecule has 18 heavy (non-hydrogen) atoms. The van der Waals surface area contributed by atoms with Gasteiger partial charge in [-0.15, -0.1) is 0 Å². The van der Waals surface area contributed by atoms with Crippen LogP contribution >= 0.6 is 47.8 Å². The van der Waals surface area contributed by atoms with Crippen LogP contribution in [0.1, 0.15) is 0 Å². The number of benzene rings is 2. The van der Waals surface area contributed by atoms with Crippen molar-refractivity contribution in [2.75, 3.05) is 0 Å². The lowest BCUT2D eigenvalue weighted by Crippen LogP contribution is -2.03. The lowest BCUT2D eigenvalue weighted by atomic mass is 10.4. The van der Waals surface area contributed by atoms with Crippen LogP contribution in [0.5, 0.6) is 0 Å². The Morgan fingerprint density at radius 1 is 0.778 bits per heavy atom. The molecule has 0 N–H and O–H groups in total. The van der Waals surface area contributed by atoms with Crippen molar-refractivity contribution in [3.63, 3.8) is 0 Å². The third-order valence-corrected chi connectivity index (χ3v) is 6.56. The average molecular weight is 455 g/mol. The van der Waals surface area contributed by atoms with Gasteiger partial charge in [0.05, 0.1) is 9.79 Å². The molecule has 0 heterocycles. The summed E-state index contributed by atoms with van der Waals surface area (Å²) in [4.78, 5) is 0.493. The minimum absolute atomic E-state index is 0.240. The van der Waals surface area contributed by atoms with Crippen LogP contribution in [-0.2, 0) is 9.84 Å². The predicted octanol–water partition coefficient (Wildman–Crippen LogP) is 4.81. The van der Waals surface area contributed by atoms with Crippen molar-refractivity contribution < 1.29 is 8.42 Å². The van der Waals surface area contributed by atoms with Crippen LogP contribution in [0.3, 0.4) is 0 Å². The second kappa shape index (κ2) is 5.45. The van der Waals surface area contributed by atoms with Crippen molar-refractivity contribution in [1.29, 1.82) is 0 Å². The Labute approximate surface area is 131 Å². The van der Waals surface area contributed by atoms with E-state index in [1.807, 2.05) is 0 Å². The second-order valence-corrected chi connectivity index (χ2v) is 8.02. The summed E-state index contributed by atoms with van der Waals surface area (Å²) in [5, 5.41) is 0. The van der Waals surface area contributed by atoms with E-state index in [-0.39, 0.29) is 9.79 Å². The van der Waals surface area contributed by atoms with Crippen LogP contribution in [-0.4, -0.2) is 8.42 Å². The van der Waals surface area contributed by atoms with Crippen molar-refractivity contribution in [2.45, 2.75) is 9.79 Å². The Kier molecular flexibility index (Phi) is 4.31. The van der Waals surface area contributed by atoms with Gasteiger partial charge in [0.25, 0.3) is 0 Å². The molecule has 2 nitrogen and oxygen atoms in total. The Hall–Kier alpha value is -0.170. The molecule has 0 aliphatic heterocycles. The van der Waals surface area contributed by atoms with Crippen molar-refractivity contribution in [2.24, 2.45) is 0 Å². The van der Waals surface area contributed by atoms with E-state index in [1.54, 1.807) is 42.5 Å². The van der Waals surface area contributed by atoms with E-state index in [1.165, 1.54) is 0 Å². The topological polar surface area (TPSA) is 34.1 Å². The van der Waals surface area contributed by atoms with Crippen LogP contribution in [0.2, 0.25) is 0 Å². The van der Waals surface area contributed by atoms with Gasteiger partial charge in [-0.2, -0.15) is 0 Å². The summed E-state index contributed by atoms with van der Waals surface area (Å²) in [5.41, 5.74) is 0. The molecule has 0 bridgehead atoms. The lowest BCUT2D eigenvalue weighted by Gasteiger charge is -2.09. The highest BCUT2D eigenvalue weighted by Crippen LogP contribution is 2.33. The van der Waals surface area contributed by atoms with Gasteiger partial charge in [-0.05, 0) is 62.2 Å². The molecule has 0 unspecified atom stereocenters. The smallest absolute Gasteiger partial charge is 0.208 e. The lowest BCUT2D eigenvalue weighted by molar-refractivity contribution is 0.595. The Morgan fingerprint density at radius 3 is 2.06 bits per heavy atom. The molecule has 0 aromatic heterocycles. The molecule has 0 fully saturated rings. The molecule has 0 radical (unpaired) electrons. The third-order valence-electron chi connectivity index (χ3n) is 2.31. The summed E-state index contributed by atoms with van der Waals surface area (Å²) in [6.07, 6.45) is 0. The number of halogens is 3. The fourth-order valence-corrected chi connectivity index (χ4v) is 5.21. The van der Waals surface area contributed by atoms with Crippen molar-refractivity contribution >= 4 is 57.6 Å². The molecule has 0 atom stereocenters. The van der Waals surface area contributed by atoms with E-state index in [0.717, 1.165) is 4.47 Å². The monoisotopic (exact) mass is 452 g/mol. The fourth-order valence-electron chi connectivity index (χ4n) is 1.46. The largest absolute Gasteiger partial charge is 0.218 e. The van der Waals surface area contributed by atoms with Crippen LogP contribution in [0.15, 0.2) is 65.7 Å². The predicted molar refractivity (Wildman–Crippen MR) is 81.4 cm³/mol. The van der Waals surface area contributed by atoms with Gasteiger partial charge in [-0.1, -0.05) is 28.1 Å². The summed E-state index contributed by atoms with van der Waals surface area (Å²) in [5.74, 6) is 0. The van der Waals surface area contributed by atoms with Crippen molar-refractivity contribution in [3.8, 4) is 0 Å². The maximum absolute atomic E-state index is 12.5. The van der Waals surface area contributed by atoms with E-state index in [2.05, 4.69) is 47.8 Å². The zero-order valence-corrected chi connectivity index (χ0v) is 14.5. The fraction of sp³-hybridized carbons (Fsp3) is 0. The minimum atomic E-state index is -3.55. The maximum atomic E-state index is 12.5. The Bertz CT molecular complexity index is 696. The van der Waals surface area contributed by atoms with Gasteiger partial charge >= 0.3 is 0 Å². The molecule has 2 aromatic rings. The third kappa shape index (κ3) is 2.71. The summed E-state index contributed by atoms with van der Waals surface area (Å²) in [7, 11) is -3.55. The molecule has 0 aliphatic carbocycles. The maximum Gasteiger partial charge on any atom is 0.208 e. The number of hydrogen-bond acceptors (Lipinski definition) is 2. The molecule has 0 aliphatic rings. The summed E-state index contributed by atoms with van der Waals surface area (Å²) >= 11 is 9.82. The summed E-state index contributed by atoms with van der Waals surface area (Å²) in [6.45, 7) is 0. The van der Waals surface area contributed by atoms with E-state index in [4.69, 9.17) is 0 Å². The average Bonchev–Trinajstić information content (AvgIpc) is 2.32. The SMILES string of the molecule is O=S(=O)(c1ccccc1Br)c1cc(Br)ccc1Br. The zero-order chi connectivity index (χ0) is 13.3. The molecule has 2 aromatic carbocycles. The first-order valence-corrected chi connectivity index (χ1v) is 8.74. The first-order valence-electron chi connectivity index (χ1n) is 4.87. The highest BCUT2D eigenvalue weighted by molar-refractivity contribution is 9.11. The van der Waals surface area contributed by atoms with Gasteiger partial charge in [0.2, 0.25) is 9.84 Å². The van der Waals surface area contributed by atoms with Crippen LogP contribution < -0.4 is 0 Å². The quantitative estimate of drug-likeness (QED) is 0.652. The molecular weight excluding hydrogens is 448 g/mol. The molecule has 0 saturated carbocycles. The molecule has 0 amide bonds. The Balaban J connectivity index is 2.70.